The van der Waals surface area contributed by atoms with Crippen LogP contribution in [0.25, 0.3) is 0 Å². The van der Waals surface area contributed by atoms with E-state index < -0.39 is 0 Å². The summed E-state index contributed by atoms with van der Waals surface area (Å²) in [4.78, 5) is 14.8. The van der Waals surface area contributed by atoms with E-state index in [0.29, 0.717) is 18.5 Å². The average molecular weight is 262 g/mol. The topological polar surface area (TPSA) is 46.3 Å². The molecule has 0 aromatic carbocycles. The maximum atomic E-state index is 12.6. The molecule has 0 saturated heterocycles. The fourth-order valence-electron chi connectivity index (χ4n) is 3.24. The monoisotopic (exact) mass is 262 g/mol. The SMILES string of the molecule is Cc1noc(C)c1CC(=O)N(C1CCCC1)C1CC1. The summed E-state index contributed by atoms with van der Waals surface area (Å²) in [6.07, 6.45) is 7.73. The quantitative estimate of drug-likeness (QED) is 0.838. The lowest BCUT2D eigenvalue weighted by Crippen LogP contribution is -2.41. The van der Waals surface area contributed by atoms with Gasteiger partial charge in [-0.3, -0.25) is 4.79 Å². The molecular weight excluding hydrogens is 240 g/mol. The van der Waals surface area contributed by atoms with Gasteiger partial charge >= 0.3 is 0 Å². The molecule has 3 rings (SSSR count). The van der Waals surface area contributed by atoms with Gasteiger partial charge in [0.1, 0.15) is 5.76 Å². The van der Waals surface area contributed by atoms with E-state index in [1.165, 1.54) is 38.5 Å². The number of carbonyl (C=O) groups excluding carboxylic acids is 1. The number of amides is 1. The first-order valence-electron chi connectivity index (χ1n) is 7.39. The zero-order chi connectivity index (χ0) is 13.4. The molecule has 1 amide bonds. The summed E-state index contributed by atoms with van der Waals surface area (Å²) in [6, 6.07) is 0.997. The second kappa shape index (κ2) is 4.99. The molecule has 1 heterocycles. The number of hydrogen-bond donors (Lipinski definition) is 0. The minimum atomic E-state index is 0.267. The van der Waals surface area contributed by atoms with Crippen molar-refractivity contribution in [1.82, 2.24) is 10.1 Å². The van der Waals surface area contributed by atoms with Gasteiger partial charge in [0.2, 0.25) is 5.91 Å². The van der Waals surface area contributed by atoms with Crippen LogP contribution in [0.3, 0.4) is 0 Å². The standard InChI is InChI=1S/C15H22N2O2/c1-10-14(11(2)19-16-10)9-15(18)17(13-7-8-13)12-5-3-4-6-12/h12-13H,3-9H2,1-2H3. The molecule has 104 valence electrons. The van der Waals surface area contributed by atoms with Crippen molar-refractivity contribution in [3.05, 3.63) is 17.0 Å². The van der Waals surface area contributed by atoms with E-state index in [1.807, 2.05) is 13.8 Å². The number of rotatable bonds is 4. The van der Waals surface area contributed by atoms with Crippen molar-refractivity contribution in [2.24, 2.45) is 0 Å². The van der Waals surface area contributed by atoms with Crippen molar-refractivity contribution in [1.29, 1.82) is 0 Å². The minimum Gasteiger partial charge on any atom is -0.361 e. The summed E-state index contributed by atoms with van der Waals surface area (Å²) >= 11 is 0. The first kappa shape index (κ1) is 12.7. The molecule has 0 atom stereocenters. The van der Waals surface area contributed by atoms with E-state index in [1.54, 1.807) is 0 Å². The first-order valence-corrected chi connectivity index (χ1v) is 7.39. The van der Waals surface area contributed by atoms with Crippen LogP contribution < -0.4 is 0 Å². The molecule has 19 heavy (non-hydrogen) atoms. The lowest BCUT2D eigenvalue weighted by molar-refractivity contribution is -0.133. The van der Waals surface area contributed by atoms with Crippen molar-refractivity contribution in [2.45, 2.75) is 70.9 Å². The van der Waals surface area contributed by atoms with Crippen LogP contribution in [0.2, 0.25) is 0 Å². The summed E-state index contributed by atoms with van der Waals surface area (Å²) in [5, 5.41) is 3.94. The van der Waals surface area contributed by atoms with Crippen molar-refractivity contribution in [3.8, 4) is 0 Å². The Hall–Kier alpha value is -1.32. The van der Waals surface area contributed by atoms with Crippen molar-refractivity contribution in [3.63, 3.8) is 0 Å². The van der Waals surface area contributed by atoms with E-state index in [0.717, 1.165) is 17.0 Å². The average Bonchev–Trinajstić information content (AvgIpc) is 2.97. The summed E-state index contributed by atoms with van der Waals surface area (Å²) in [6.45, 7) is 3.80. The van der Waals surface area contributed by atoms with Gasteiger partial charge < -0.3 is 9.42 Å². The zero-order valence-electron chi connectivity index (χ0n) is 11.8. The van der Waals surface area contributed by atoms with E-state index in [9.17, 15) is 4.79 Å². The Morgan fingerprint density at radius 3 is 2.37 bits per heavy atom. The molecule has 0 bridgehead atoms. The highest BCUT2D eigenvalue weighted by Crippen LogP contribution is 2.35. The summed E-state index contributed by atoms with van der Waals surface area (Å²) in [7, 11) is 0. The number of aromatic nitrogens is 1. The van der Waals surface area contributed by atoms with Crippen LogP contribution in [0, 0.1) is 13.8 Å². The third kappa shape index (κ3) is 2.53. The highest BCUT2D eigenvalue weighted by Gasteiger charge is 2.38. The van der Waals surface area contributed by atoms with E-state index >= 15 is 0 Å². The maximum Gasteiger partial charge on any atom is 0.227 e. The fraction of sp³-hybridized carbons (Fsp3) is 0.733. The Morgan fingerprint density at radius 1 is 1.21 bits per heavy atom. The predicted octanol–water partition coefficient (Wildman–Crippen LogP) is 2.77. The molecule has 1 aromatic heterocycles. The Bertz CT molecular complexity index is 451. The molecule has 2 aliphatic rings. The van der Waals surface area contributed by atoms with Crippen LogP contribution >= 0.6 is 0 Å². The molecule has 2 aliphatic carbocycles. The molecule has 0 N–H and O–H groups in total. The Kier molecular flexibility index (Phi) is 3.33. The van der Waals surface area contributed by atoms with E-state index in [4.69, 9.17) is 4.52 Å². The minimum absolute atomic E-state index is 0.267. The normalized spacial score (nSPS) is 19.9. The van der Waals surface area contributed by atoms with Crippen LogP contribution in [0.1, 0.15) is 55.5 Å². The number of carbonyl (C=O) groups is 1. The number of aryl methyl sites for hydroxylation is 2. The van der Waals surface area contributed by atoms with Crippen LogP contribution in [-0.2, 0) is 11.2 Å². The highest BCUT2D eigenvalue weighted by molar-refractivity contribution is 5.80. The van der Waals surface area contributed by atoms with Gasteiger partial charge in [-0.15, -0.1) is 0 Å². The summed E-state index contributed by atoms with van der Waals surface area (Å²) in [5.74, 6) is 1.05. The van der Waals surface area contributed by atoms with Gasteiger partial charge in [-0.05, 0) is 39.5 Å². The molecule has 2 saturated carbocycles. The van der Waals surface area contributed by atoms with Gasteiger partial charge in [-0.1, -0.05) is 18.0 Å². The van der Waals surface area contributed by atoms with Crippen LogP contribution in [0.4, 0.5) is 0 Å². The van der Waals surface area contributed by atoms with Gasteiger partial charge in [0.25, 0.3) is 0 Å². The molecule has 0 aliphatic heterocycles. The number of nitrogens with zero attached hydrogens (tertiary/aromatic N) is 2. The van der Waals surface area contributed by atoms with Crippen molar-refractivity contribution >= 4 is 5.91 Å². The first-order chi connectivity index (χ1) is 9.16. The fourth-order valence-corrected chi connectivity index (χ4v) is 3.24. The van der Waals surface area contributed by atoms with Crippen LogP contribution in [-0.4, -0.2) is 28.0 Å². The summed E-state index contributed by atoms with van der Waals surface area (Å²) < 4.78 is 5.16. The molecule has 2 fully saturated rings. The van der Waals surface area contributed by atoms with E-state index in [2.05, 4.69) is 10.1 Å². The molecular formula is C15H22N2O2. The molecule has 1 aromatic rings. The highest BCUT2D eigenvalue weighted by atomic mass is 16.5. The third-order valence-corrected chi connectivity index (χ3v) is 4.46. The second-order valence-corrected chi connectivity index (χ2v) is 5.95. The Morgan fingerprint density at radius 2 is 1.84 bits per heavy atom. The van der Waals surface area contributed by atoms with Crippen LogP contribution in [0.15, 0.2) is 4.52 Å². The lowest BCUT2D eigenvalue weighted by atomic mass is 10.1. The molecule has 0 radical (unpaired) electrons. The largest absolute Gasteiger partial charge is 0.361 e. The van der Waals surface area contributed by atoms with Gasteiger partial charge in [-0.25, -0.2) is 0 Å². The van der Waals surface area contributed by atoms with Gasteiger partial charge in [0.15, 0.2) is 0 Å². The zero-order valence-corrected chi connectivity index (χ0v) is 11.8. The third-order valence-electron chi connectivity index (χ3n) is 4.46. The van der Waals surface area contributed by atoms with Crippen LogP contribution in [0.5, 0.6) is 0 Å². The predicted molar refractivity (Wildman–Crippen MR) is 71.8 cm³/mol. The molecule has 4 nitrogen and oxygen atoms in total. The van der Waals surface area contributed by atoms with E-state index in [-0.39, 0.29) is 5.91 Å². The second-order valence-electron chi connectivity index (χ2n) is 5.95. The maximum absolute atomic E-state index is 12.6. The lowest BCUT2D eigenvalue weighted by Gasteiger charge is -2.29. The molecule has 4 heteroatoms. The van der Waals surface area contributed by atoms with Gasteiger partial charge in [0, 0.05) is 17.6 Å². The van der Waals surface area contributed by atoms with Gasteiger partial charge in [-0.2, -0.15) is 0 Å². The molecule has 0 unspecified atom stereocenters. The van der Waals surface area contributed by atoms with Crippen molar-refractivity contribution in [2.75, 3.05) is 0 Å². The van der Waals surface area contributed by atoms with Gasteiger partial charge in [0.05, 0.1) is 12.1 Å². The van der Waals surface area contributed by atoms with Crippen molar-refractivity contribution < 1.29 is 9.32 Å². The summed E-state index contributed by atoms with van der Waals surface area (Å²) in [5.41, 5.74) is 1.83. The Balaban J connectivity index is 1.73. The smallest absolute Gasteiger partial charge is 0.227 e. The number of hydrogen-bond acceptors (Lipinski definition) is 3. The Labute approximate surface area is 114 Å². The molecule has 0 spiro atoms.